The summed E-state index contributed by atoms with van der Waals surface area (Å²) in [5.41, 5.74) is 1.22. The van der Waals surface area contributed by atoms with Crippen LogP contribution in [0.25, 0.3) is 0 Å². The van der Waals surface area contributed by atoms with Crippen LogP contribution in [-0.4, -0.2) is 25.4 Å². The number of rotatable bonds is 5. The maximum absolute atomic E-state index is 5.79. The normalized spacial score (nSPS) is 19.8. The summed E-state index contributed by atoms with van der Waals surface area (Å²) in [5, 5.41) is 3.51. The first-order chi connectivity index (χ1) is 8.25. The van der Waals surface area contributed by atoms with Crippen molar-refractivity contribution in [3.05, 3.63) is 29.8 Å². The van der Waals surface area contributed by atoms with Crippen LogP contribution in [0.2, 0.25) is 0 Å². The Morgan fingerprint density at radius 2 is 2.24 bits per heavy atom. The second kappa shape index (κ2) is 6.03. The lowest BCUT2D eigenvalue weighted by Gasteiger charge is -2.16. The van der Waals surface area contributed by atoms with Crippen LogP contribution in [0.5, 0.6) is 5.75 Å². The van der Waals surface area contributed by atoms with E-state index in [-0.39, 0.29) is 6.10 Å². The Kier molecular flexibility index (Phi) is 4.40. The number of hydrogen-bond donors (Lipinski definition) is 1. The lowest BCUT2D eigenvalue weighted by molar-refractivity contribution is 0.189. The third-order valence-corrected chi connectivity index (χ3v) is 2.85. The van der Waals surface area contributed by atoms with Gasteiger partial charge in [0.15, 0.2) is 0 Å². The van der Waals surface area contributed by atoms with Gasteiger partial charge in [-0.2, -0.15) is 0 Å². The van der Waals surface area contributed by atoms with Gasteiger partial charge < -0.3 is 14.8 Å². The van der Waals surface area contributed by atoms with Crippen molar-refractivity contribution in [2.75, 3.05) is 13.2 Å². The van der Waals surface area contributed by atoms with Gasteiger partial charge >= 0.3 is 0 Å². The molecule has 94 valence electrons. The van der Waals surface area contributed by atoms with Gasteiger partial charge in [-0.1, -0.05) is 18.2 Å². The van der Waals surface area contributed by atoms with Crippen molar-refractivity contribution in [3.8, 4) is 5.75 Å². The monoisotopic (exact) mass is 235 g/mol. The predicted octanol–water partition coefficient (Wildman–Crippen LogP) is 2.35. The van der Waals surface area contributed by atoms with E-state index in [1.54, 1.807) is 0 Å². The number of hydrogen-bond acceptors (Lipinski definition) is 3. The quantitative estimate of drug-likeness (QED) is 0.850. The molecule has 0 amide bonds. The summed E-state index contributed by atoms with van der Waals surface area (Å²) in [6.07, 6.45) is 1.32. The highest BCUT2D eigenvalue weighted by atomic mass is 16.5. The standard InChI is InChI=1S/C14H21NO2/c1-11(2)17-14-6-4-3-5-12(14)9-15-13-7-8-16-10-13/h3-6,11,13,15H,7-10H2,1-2H3. The minimum atomic E-state index is 0.214. The highest BCUT2D eigenvalue weighted by molar-refractivity contribution is 5.33. The molecule has 3 nitrogen and oxygen atoms in total. The van der Waals surface area contributed by atoms with Crippen LogP contribution in [0.1, 0.15) is 25.8 Å². The fourth-order valence-electron chi connectivity index (χ4n) is 1.97. The molecule has 1 unspecified atom stereocenters. The largest absolute Gasteiger partial charge is 0.491 e. The predicted molar refractivity (Wildman–Crippen MR) is 68.3 cm³/mol. The molecule has 0 bridgehead atoms. The van der Waals surface area contributed by atoms with Gasteiger partial charge in [0.2, 0.25) is 0 Å². The van der Waals surface area contributed by atoms with Crippen LogP contribution in [0.4, 0.5) is 0 Å². The summed E-state index contributed by atoms with van der Waals surface area (Å²) < 4.78 is 11.1. The Morgan fingerprint density at radius 1 is 1.41 bits per heavy atom. The Labute approximate surface area is 103 Å². The highest BCUT2D eigenvalue weighted by Crippen LogP contribution is 2.19. The minimum absolute atomic E-state index is 0.214. The van der Waals surface area contributed by atoms with Gasteiger partial charge in [0.1, 0.15) is 5.75 Å². The summed E-state index contributed by atoms with van der Waals surface area (Å²) in [4.78, 5) is 0. The van der Waals surface area contributed by atoms with Gasteiger partial charge in [-0.05, 0) is 26.3 Å². The molecule has 2 rings (SSSR count). The fourth-order valence-corrected chi connectivity index (χ4v) is 1.97. The van der Waals surface area contributed by atoms with E-state index in [2.05, 4.69) is 31.3 Å². The van der Waals surface area contributed by atoms with Gasteiger partial charge in [0.05, 0.1) is 12.7 Å². The third kappa shape index (κ3) is 3.72. The Morgan fingerprint density at radius 3 is 2.94 bits per heavy atom. The topological polar surface area (TPSA) is 30.5 Å². The van der Waals surface area contributed by atoms with Crippen LogP contribution >= 0.6 is 0 Å². The summed E-state index contributed by atoms with van der Waals surface area (Å²) in [7, 11) is 0. The molecule has 0 aromatic heterocycles. The Balaban J connectivity index is 1.94. The van der Waals surface area contributed by atoms with Gasteiger partial charge in [0, 0.05) is 24.8 Å². The summed E-state index contributed by atoms with van der Waals surface area (Å²) in [5.74, 6) is 0.980. The molecule has 0 radical (unpaired) electrons. The van der Waals surface area contributed by atoms with E-state index in [1.807, 2.05) is 12.1 Å². The summed E-state index contributed by atoms with van der Waals surface area (Å²) in [6, 6.07) is 8.69. The minimum Gasteiger partial charge on any atom is -0.491 e. The van der Waals surface area contributed by atoms with Crippen molar-refractivity contribution < 1.29 is 9.47 Å². The molecule has 1 fully saturated rings. The molecule has 1 saturated heterocycles. The zero-order chi connectivity index (χ0) is 12.1. The number of benzene rings is 1. The summed E-state index contributed by atoms with van der Waals surface area (Å²) >= 11 is 0. The average molecular weight is 235 g/mol. The Hall–Kier alpha value is -1.06. The summed E-state index contributed by atoms with van der Waals surface area (Å²) in [6.45, 7) is 6.65. The average Bonchev–Trinajstić information content (AvgIpc) is 2.80. The molecular weight excluding hydrogens is 214 g/mol. The van der Waals surface area contributed by atoms with Crippen LogP contribution in [0.15, 0.2) is 24.3 Å². The molecular formula is C14H21NO2. The van der Waals surface area contributed by atoms with Crippen LogP contribution in [0.3, 0.4) is 0 Å². The first-order valence-corrected chi connectivity index (χ1v) is 6.31. The van der Waals surface area contributed by atoms with Crippen LogP contribution < -0.4 is 10.1 Å². The molecule has 1 atom stereocenters. The van der Waals surface area contributed by atoms with E-state index in [9.17, 15) is 0 Å². The molecule has 17 heavy (non-hydrogen) atoms. The van der Waals surface area contributed by atoms with E-state index < -0.39 is 0 Å². The number of nitrogens with one attached hydrogen (secondary N) is 1. The molecule has 1 aliphatic heterocycles. The molecule has 1 aromatic carbocycles. The van der Waals surface area contributed by atoms with Crippen molar-refractivity contribution in [1.82, 2.24) is 5.32 Å². The molecule has 0 aliphatic carbocycles. The molecule has 1 aliphatic rings. The van der Waals surface area contributed by atoms with Gasteiger partial charge in [-0.25, -0.2) is 0 Å². The maximum atomic E-state index is 5.79. The van der Waals surface area contributed by atoms with E-state index in [0.29, 0.717) is 6.04 Å². The van der Waals surface area contributed by atoms with Crippen molar-refractivity contribution in [2.45, 2.75) is 39.0 Å². The number of ether oxygens (including phenoxy) is 2. The molecule has 1 N–H and O–H groups in total. The lowest BCUT2D eigenvalue weighted by atomic mass is 10.1. The SMILES string of the molecule is CC(C)Oc1ccccc1CNC1CCOC1. The second-order valence-electron chi connectivity index (χ2n) is 4.72. The van der Waals surface area contributed by atoms with Gasteiger partial charge in [0.25, 0.3) is 0 Å². The molecule has 1 aromatic rings. The molecule has 0 saturated carbocycles. The zero-order valence-corrected chi connectivity index (χ0v) is 10.6. The Bertz CT molecular complexity index is 346. The lowest BCUT2D eigenvalue weighted by Crippen LogP contribution is -2.28. The second-order valence-corrected chi connectivity index (χ2v) is 4.72. The van der Waals surface area contributed by atoms with E-state index in [1.165, 1.54) is 5.56 Å². The zero-order valence-electron chi connectivity index (χ0n) is 10.6. The van der Waals surface area contributed by atoms with Gasteiger partial charge in [-0.3, -0.25) is 0 Å². The van der Waals surface area contributed by atoms with Crippen molar-refractivity contribution >= 4 is 0 Å². The van der Waals surface area contributed by atoms with Crippen molar-refractivity contribution in [1.29, 1.82) is 0 Å². The van der Waals surface area contributed by atoms with Crippen LogP contribution in [0, 0.1) is 0 Å². The molecule has 3 heteroatoms. The van der Waals surface area contributed by atoms with E-state index >= 15 is 0 Å². The van der Waals surface area contributed by atoms with Crippen LogP contribution in [-0.2, 0) is 11.3 Å². The first kappa shape index (κ1) is 12.4. The molecule has 1 heterocycles. The van der Waals surface area contributed by atoms with Crippen molar-refractivity contribution in [3.63, 3.8) is 0 Å². The fraction of sp³-hybridized carbons (Fsp3) is 0.571. The molecule has 0 spiro atoms. The smallest absolute Gasteiger partial charge is 0.124 e. The highest BCUT2D eigenvalue weighted by Gasteiger charge is 2.15. The van der Waals surface area contributed by atoms with E-state index in [4.69, 9.17) is 9.47 Å². The maximum Gasteiger partial charge on any atom is 0.124 e. The van der Waals surface area contributed by atoms with Crippen molar-refractivity contribution in [2.24, 2.45) is 0 Å². The van der Waals surface area contributed by atoms with E-state index in [0.717, 1.165) is 31.9 Å². The number of para-hydroxylation sites is 1. The third-order valence-electron chi connectivity index (χ3n) is 2.85. The van der Waals surface area contributed by atoms with Gasteiger partial charge in [-0.15, -0.1) is 0 Å². The first-order valence-electron chi connectivity index (χ1n) is 6.31.